The van der Waals surface area contributed by atoms with Gasteiger partial charge in [0.15, 0.2) is 0 Å². The molecule has 94 valence electrons. The number of carbonyl (C=O) groups is 1. The average molecular weight is 243 g/mol. The molecule has 0 radical (unpaired) electrons. The second kappa shape index (κ2) is 5.14. The van der Waals surface area contributed by atoms with Crippen LogP contribution in [0.15, 0.2) is 24.3 Å². The monoisotopic (exact) mass is 243 g/mol. The summed E-state index contributed by atoms with van der Waals surface area (Å²) in [4.78, 5) is 15.6. The van der Waals surface area contributed by atoms with Gasteiger partial charge in [0, 0.05) is 23.7 Å². The van der Waals surface area contributed by atoms with Crippen molar-refractivity contribution in [3.05, 3.63) is 35.5 Å². The molecule has 0 aliphatic carbocycles. The van der Waals surface area contributed by atoms with Crippen LogP contribution in [0.5, 0.6) is 0 Å². The van der Waals surface area contributed by atoms with Crippen LogP contribution in [0.4, 0.5) is 5.69 Å². The van der Waals surface area contributed by atoms with Crippen molar-refractivity contribution < 1.29 is 4.79 Å². The van der Waals surface area contributed by atoms with Crippen molar-refractivity contribution in [1.29, 1.82) is 0 Å². The predicted octanol–water partition coefficient (Wildman–Crippen LogP) is 2.00. The first-order chi connectivity index (χ1) is 8.60. The topological polar surface area (TPSA) is 68.0 Å². The number of aryl methyl sites for hydroxylation is 1. The van der Waals surface area contributed by atoms with Crippen molar-refractivity contribution in [1.82, 2.24) is 4.98 Å². The smallest absolute Gasteiger partial charge is 0.221 e. The summed E-state index contributed by atoms with van der Waals surface area (Å²) in [6.07, 6.45) is 0.809. The third-order valence-electron chi connectivity index (χ3n) is 2.76. The van der Waals surface area contributed by atoms with Crippen molar-refractivity contribution in [2.45, 2.75) is 20.3 Å². The second-order valence-electron chi connectivity index (χ2n) is 4.37. The van der Waals surface area contributed by atoms with Crippen molar-refractivity contribution in [3.63, 3.8) is 0 Å². The molecule has 4 heteroatoms. The first kappa shape index (κ1) is 12.5. The molecule has 0 unspecified atom stereocenters. The van der Waals surface area contributed by atoms with Gasteiger partial charge in [0.2, 0.25) is 5.91 Å². The molecule has 0 bridgehead atoms. The number of fused-ring (bicyclic) bond motifs is 1. The van der Waals surface area contributed by atoms with Crippen LogP contribution in [0.3, 0.4) is 0 Å². The van der Waals surface area contributed by atoms with E-state index < -0.39 is 0 Å². The van der Waals surface area contributed by atoms with Gasteiger partial charge in [0.1, 0.15) is 0 Å². The van der Waals surface area contributed by atoms with Crippen LogP contribution < -0.4 is 11.1 Å². The van der Waals surface area contributed by atoms with Crippen molar-refractivity contribution in [2.24, 2.45) is 5.73 Å². The van der Waals surface area contributed by atoms with E-state index in [2.05, 4.69) is 10.3 Å². The van der Waals surface area contributed by atoms with Gasteiger partial charge in [0.05, 0.1) is 5.52 Å². The summed E-state index contributed by atoms with van der Waals surface area (Å²) in [6.45, 7) is 4.07. The van der Waals surface area contributed by atoms with Gasteiger partial charge >= 0.3 is 0 Å². The number of carbonyl (C=O) groups excluding carboxylic acids is 1. The molecule has 1 amide bonds. The highest BCUT2D eigenvalue weighted by atomic mass is 16.1. The lowest BCUT2D eigenvalue weighted by atomic mass is 10.0. The molecule has 0 aliphatic heterocycles. The Morgan fingerprint density at radius 1 is 1.39 bits per heavy atom. The number of benzene rings is 1. The summed E-state index contributed by atoms with van der Waals surface area (Å²) in [6, 6.07) is 7.79. The largest absolute Gasteiger partial charge is 0.330 e. The van der Waals surface area contributed by atoms with Gasteiger partial charge in [-0.3, -0.25) is 9.78 Å². The Morgan fingerprint density at radius 2 is 2.17 bits per heavy atom. The fourth-order valence-electron chi connectivity index (χ4n) is 2.09. The second-order valence-corrected chi connectivity index (χ2v) is 4.37. The molecule has 0 atom stereocenters. The Kier molecular flexibility index (Phi) is 3.58. The Balaban J connectivity index is 2.55. The summed E-state index contributed by atoms with van der Waals surface area (Å²) >= 11 is 0. The number of nitrogens with two attached hydrogens (primary N) is 1. The van der Waals surface area contributed by atoms with Crippen LogP contribution in [0.2, 0.25) is 0 Å². The molecule has 18 heavy (non-hydrogen) atoms. The normalized spacial score (nSPS) is 10.6. The highest BCUT2D eigenvalue weighted by Gasteiger charge is 2.05. The predicted molar refractivity (Wildman–Crippen MR) is 73.5 cm³/mol. The molecule has 0 spiro atoms. The summed E-state index contributed by atoms with van der Waals surface area (Å²) in [5.41, 5.74) is 9.52. The third kappa shape index (κ3) is 2.65. The third-order valence-corrected chi connectivity index (χ3v) is 2.76. The zero-order valence-electron chi connectivity index (χ0n) is 10.7. The van der Waals surface area contributed by atoms with E-state index >= 15 is 0 Å². The van der Waals surface area contributed by atoms with E-state index in [0.717, 1.165) is 28.7 Å². The maximum absolute atomic E-state index is 11.1. The van der Waals surface area contributed by atoms with Crippen molar-refractivity contribution in [3.8, 4) is 0 Å². The Hall–Kier alpha value is -1.94. The standard InChI is InChI=1S/C14H17N3O/c1-9-7-11(5-6-15)13-8-12(17-10(2)18)3-4-14(13)16-9/h3-4,7-8H,5-6,15H2,1-2H3,(H,17,18). The summed E-state index contributed by atoms with van der Waals surface area (Å²) < 4.78 is 0. The molecule has 0 saturated heterocycles. The number of nitrogens with zero attached hydrogens (tertiary/aromatic N) is 1. The van der Waals surface area contributed by atoms with Gasteiger partial charge in [0.25, 0.3) is 0 Å². The van der Waals surface area contributed by atoms with E-state index in [1.165, 1.54) is 12.5 Å². The number of hydrogen-bond acceptors (Lipinski definition) is 3. The minimum absolute atomic E-state index is 0.0743. The maximum atomic E-state index is 11.1. The van der Waals surface area contributed by atoms with Crippen molar-refractivity contribution in [2.75, 3.05) is 11.9 Å². The van der Waals surface area contributed by atoms with E-state index in [1.54, 1.807) is 0 Å². The van der Waals surface area contributed by atoms with Crippen molar-refractivity contribution >= 4 is 22.5 Å². The van der Waals surface area contributed by atoms with Gasteiger partial charge in [-0.1, -0.05) is 0 Å². The molecular formula is C14H17N3O. The Labute approximate surface area is 106 Å². The van der Waals surface area contributed by atoms with E-state index in [-0.39, 0.29) is 5.91 Å². The Morgan fingerprint density at radius 3 is 2.83 bits per heavy atom. The SMILES string of the molecule is CC(=O)Nc1ccc2nc(C)cc(CCN)c2c1. The van der Waals surface area contributed by atoms with Gasteiger partial charge in [-0.15, -0.1) is 0 Å². The molecule has 1 aromatic heterocycles. The fraction of sp³-hybridized carbons (Fsp3) is 0.286. The number of anilines is 1. The van der Waals surface area contributed by atoms with Gasteiger partial charge in [-0.2, -0.15) is 0 Å². The minimum atomic E-state index is -0.0743. The maximum Gasteiger partial charge on any atom is 0.221 e. The number of hydrogen-bond donors (Lipinski definition) is 2. The van der Waals surface area contributed by atoms with E-state index in [0.29, 0.717) is 6.54 Å². The molecule has 0 fully saturated rings. The average Bonchev–Trinajstić information content (AvgIpc) is 2.29. The number of pyridine rings is 1. The molecule has 1 aromatic carbocycles. The van der Waals surface area contributed by atoms with Crippen LogP contribution in [0, 0.1) is 6.92 Å². The highest BCUT2D eigenvalue weighted by Crippen LogP contribution is 2.22. The van der Waals surface area contributed by atoms with E-state index in [4.69, 9.17) is 5.73 Å². The minimum Gasteiger partial charge on any atom is -0.330 e. The summed E-state index contributed by atoms with van der Waals surface area (Å²) in [7, 11) is 0. The molecule has 0 saturated carbocycles. The van der Waals surface area contributed by atoms with E-state index in [1.807, 2.05) is 31.2 Å². The lowest BCUT2D eigenvalue weighted by Crippen LogP contribution is -2.07. The van der Waals surface area contributed by atoms with Gasteiger partial charge in [-0.25, -0.2) is 0 Å². The fourth-order valence-corrected chi connectivity index (χ4v) is 2.09. The zero-order chi connectivity index (χ0) is 13.1. The quantitative estimate of drug-likeness (QED) is 0.866. The molecule has 2 rings (SSSR count). The van der Waals surface area contributed by atoms with E-state index in [9.17, 15) is 4.79 Å². The number of amides is 1. The lowest BCUT2D eigenvalue weighted by Gasteiger charge is -2.09. The number of nitrogens with one attached hydrogen (secondary N) is 1. The molecule has 3 N–H and O–H groups in total. The number of aromatic nitrogens is 1. The molecule has 0 aliphatic rings. The molecular weight excluding hydrogens is 226 g/mol. The molecule has 4 nitrogen and oxygen atoms in total. The zero-order valence-corrected chi connectivity index (χ0v) is 10.7. The molecule has 1 heterocycles. The van der Waals surface area contributed by atoms with Crippen LogP contribution in [0.1, 0.15) is 18.2 Å². The number of rotatable bonds is 3. The van der Waals surface area contributed by atoms with Crippen LogP contribution in [-0.4, -0.2) is 17.4 Å². The first-order valence-electron chi connectivity index (χ1n) is 5.98. The summed E-state index contributed by atoms with van der Waals surface area (Å²) in [5.74, 6) is -0.0743. The molecule has 2 aromatic rings. The van der Waals surface area contributed by atoms with Crippen LogP contribution in [0.25, 0.3) is 10.9 Å². The van der Waals surface area contributed by atoms with Gasteiger partial charge < -0.3 is 11.1 Å². The summed E-state index contributed by atoms with van der Waals surface area (Å²) in [5, 5.41) is 3.84. The van der Waals surface area contributed by atoms with Gasteiger partial charge in [-0.05, 0) is 49.7 Å². The van der Waals surface area contributed by atoms with Crippen LogP contribution in [-0.2, 0) is 11.2 Å². The highest BCUT2D eigenvalue weighted by molar-refractivity contribution is 5.93. The first-order valence-corrected chi connectivity index (χ1v) is 5.98. The van der Waals surface area contributed by atoms with Crippen LogP contribution >= 0.6 is 0 Å². The lowest BCUT2D eigenvalue weighted by molar-refractivity contribution is -0.114. The Bertz CT molecular complexity index is 593.